The van der Waals surface area contributed by atoms with Gasteiger partial charge in [0.2, 0.25) is 5.91 Å². The monoisotopic (exact) mass is 356 g/mol. The van der Waals surface area contributed by atoms with Crippen molar-refractivity contribution >= 4 is 22.8 Å². The number of nitrogens with zero attached hydrogens (tertiary/aromatic N) is 1. The van der Waals surface area contributed by atoms with Crippen LogP contribution in [0.3, 0.4) is 0 Å². The molecule has 0 spiro atoms. The van der Waals surface area contributed by atoms with Gasteiger partial charge in [-0.05, 0) is 51.2 Å². The van der Waals surface area contributed by atoms with E-state index in [0.717, 1.165) is 46.9 Å². The summed E-state index contributed by atoms with van der Waals surface area (Å²) in [6.45, 7) is 9.23. The molecule has 2 aromatic rings. The van der Waals surface area contributed by atoms with E-state index in [-0.39, 0.29) is 17.9 Å². The predicted octanol–water partition coefficient (Wildman–Crippen LogP) is 3.88. The fourth-order valence-corrected chi connectivity index (χ4v) is 3.83. The number of piperidine rings is 1. The summed E-state index contributed by atoms with van der Waals surface area (Å²) in [7, 11) is 0. The second kappa shape index (κ2) is 7.52. The summed E-state index contributed by atoms with van der Waals surface area (Å²) in [4.78, 5) is 26.8. The van der Waals surface area contributed by atoms with E-state index in [1.807, 2.05) is 38.7 Å². The zero-order valence-electron chi connectivity index (χ0n) is 16.1. The van der Waals surface area contributed by atoms with Gasteiger partial charge in [0.25, 0.3) is 5.91 Å². The molecule has 0 bridgehead atoms. The minimum absolute atomic E-state index is 0.0277. The molecule has 0 saturated carbocycles. The van der Waals surface area contributed by atoms with Gasteiger partial charge in [0.1, 0.15) is 5.58 Å². The van der Waals surface area contributed by atoms with Crippen LogP contribution in [0, 0.1) is 20.8 Å². The molecule has 5 nitrogen and oxygen atoms in total. The number of carbonyl (C=O) groups excluding carboxylic acids is 2. The Morgan fingerprint density at radius 1 is 1.23 bits per heavy atom. The van der Waals surface area contributed by atoms with Crippen LogP contribution < -0.4 is 5.32 Å². The molecule has 1 aliphatic rings. The SMILES string of the molecule is CCCC(=O)NC1CCCN(C(=O)c2oc3c(C)ccc(C)c3c2C)C1. The van der Waals surface area contributed by atoms with Crippen LogP contribution in [0.4, 0.5) is 0 Å². The molecule has 1 aliphatic heterocycles. The lowest BCUT2D eigenvalue weighted by molar-refractivity contribution is -0.122. The lowest BCUT2D eigenvalue weighted by Crippen LogP contribution is -2.49. The van der Waals surface area contributed by atoms with Crippen molar-refractivity contribution in [1.82, 2.24) is 10.2 Å². The van der Waals surface area contributed by atoms with Crippen molar-refractivity contribution in [2.75, 3.05) is 13.1 Å². The van der Waals surface area contributed by atoms with E-state index < -0.39 is 0 Å². The van der Waals surface area contributed by atoms with Crippen molar-refractivity contribution in [3.05, 3.63) is 34.6 Å². The summed E-state index contributed by atoms with van der Waals surface area (Å²) in [5.74, 6) is 0.419. The van der Waals surface area contributed by atoms with Gasteiger partial charge in [-0.3, -0.25) is 9.59 Å². The average Bonchev–Trinajstić information content (AvgIpc) is 2.97. The molecule has 1 atom stereocenters. The maximum absolute atomic E-state index is 13.1. The molecule has 2 heterocycles. The quantitative estimate of drug-likeness (QED) is 0.904. The van der Waals surface area contributed by atoms with Gasteiger partial charge in [0.05, 0.1) is 0 Å². The van der Waals surface area contributed by atoms with Crippen LogP contribution in [0.5, 0.6) is 0 Å². The highest BCUT2D eigenvalue weighted by atomic mass is 16.3. The molecule has 1 saturated heterocycles. The van der Waals surface area contributed by atoms with E-state index in [4.69, 9.17) is 4.42 Å². The number of furan rings is 1. The van der Waals surface area contributed by atoms with Crippen molar-refractivity contribution in [3.63, 3.8) is 0 Å². The number of hydrogen-bond donors (Lipinski definition) is 1. The molecule has 1 N–H and O–H groups in total. The van der Waals surface area contributed by atoms with Crippen LogP contribution in [-0.4, -0.2) is 35.8 Å². The van der Waals surface area contributed by atoms with Crippen LogP contribution in [-0.2, 0) is 4.79 Å². The highest BCUT2D eigenvalue weighted by molar-refractivity contribution is 6.00. The number of hydrogen-bond acceptors (Lipinski definition) is 3. The summed E-state index contributed by atoms with van der Waals surface area (Å²) < 4.78 is 6.00. The molecule has 1 aromatic carbocycles. The number of nitrogens with one attached hydrogen (secondary N) is 1. The van der Waals surface area contributed by atoms with Crippen LogP contribution in [0.1, 0.15) is 59.9 Å². The number of likely N-dealkylation sites (tertiary alicyclic amines) is 1. The summed E-state index contributed by atoms with van der Waals surface area (Å²) in [6.07, 6.45) is 3.17. The first kappa shape index (κ1) is 18.5. The Bertz CT molecular complexity index is 837. The molecule has 26 heavy (non-hydrogen) atoms. The summed E-state index contributed by atoms with van der Waals surface area (Å²) >= 11 is 0. The van der Waals surface area contributed by atoms with Crippen molar-refractivity contribution in [2.45, 2.75) is 59.4 Å². The zero-order valence-corrected chi connectivity index (χ0v) is 16.1. The molecule has 5 heteroatoms. The van der Waals surface area contributed by atoms with Crippen molar-refractivity contribution < 1.29 is 14.0 Å². The van der Waals surface area contributed by atoms with Gasteiger partial charge >= 0.3 is 0 Å². The maximum Gasteiger partial charge on any atom is 0.289 e. The molecule has 1 unspecified atom stereocenters. The van der Waals surface area contributed by atoms with Crippen LogP contribution >= 0.6 is 0 Å². The van der Waals surface area contributed by atoms with Gasteiger partial charge in [-0.15, -0.1) is 0 Å². The molecule has 3 rings (SSSR count). The fraction of sp³-hybridized carbons (Fsp3) is 0.524. The van der Waals surface area contributed by atoms with Crippen LogP contribution in [0.2, 0.25) is 0 Å². The second-order valence-corrected chi connectivity index (χ2v) is 7.37. The number of benzene rings is 1. The lowest BCUT2D eigenvalue weighted by atomic mass is 10.0. The van der Waals surface area contributed by atoms with Gasteiger partial charge in [-0.25, -0.2) is 0 Å². The smallest absolute Gasteiger partial charge is 0.289 e. The standard InChI is InChI=1S/C21H28N2O3/c1-5-7-17(24)22-16-8-6-11-23(12-16)21(25)20-15(4)18-13(2)9-10-14(3)19(18)26-20/h9-10,16H,5-8,11-12H2,1-4H3,(H,22,24). The summed E-state index contributed by atoms with van der Waals surface area (Å²) in [6, 6.07) is 4.11. The van der Waals surface area contributed by atoms with E-state index in [1.165, 1.54) is 0 Å². The first-order valence-electron chi connectivity index (χ1n) is 9.50. The Labute approximate surface area is 154 Å². The summed E-state index contributed by atoms with van der Waals surface area (Å²) in [5, 5.41) is 4.09. The third-order valence-corrected chi connectivity index (χ3v) is 5.23. The van der Waals surface area contributed by atoms with Crippen LogP contribution in [0.15, 0.2) is 16.5 Å². The molecule has 0 aliphatic carbocycles. The number of rotatable bonds is 4. The minimum atomic E-state index is -0.0769. The van der Waals surface area contributed by atoms with Gasteiger partial charge in [-0.1, -0.05) is 19.1 Å². The van der Waals surface area contributed by atoms with E-state index in [0.29, 0.717) is 25.3 Å². The van der Waals surface area contributed by atoms with Crippen molar-refractivity contribution in [3.8, 4) is 0 Å². The Kier molecular flexibility index (Phi) is 5.35. The van der Waals surface area contributed by atoms with Crippen molar-refractivity contribution in [2.24, 2.45) is 0 Å². The normalized spacial score (nSPS) is 17.5. The number of aryl methyl sites for hydroxylation is 3. The first-order chi connectivity index (χ1) is 12.4. The Balaban J connectivity index is 1.82. The van der Waals surface area contributed by atoms with Crippen molar-refractivity contribution in [1.29, 1.82) is 0 Å². The minimum Gasteiger partial charge on any atom is -0.450 e. The fourth-order valence-electron chi connectivity index (χ4n) is 3.83. The van der Waals surface area contributed by atoms with Gasteiger partial charge in [0, 0.05) is 36.5 Å². The Morgan fingerprint density at radius 3 is 2.65 bits per heavy atom. The topological polar surface area (TPSA) is 62.6 Å². The molecular weight excluding hydrogens is 328 g/mol. The predicted molar refractivity (Wildman–Crippen MR) is 102 cm³/mol. The molecule has 2 amide bonds. The molecule has 1 fully saturated rings. The molecule has 0 radical (unpaired) electrons. The molecular formula is C21H28N2O3. The molecule has 1 aromatic heterocycles. The lowest BCUT2D eigenvalue weighted by Gasteiger charge is -2.32. The van der Waals surface area contributed by atoms with Gasteiger partial charge in [0.15, 0.2) is 5.76 Å². The average molecular weight is 356 g/mol. The van der Waals surface area contributed by atoms with E-state index >= 15 is 0 Å². The molecule has 140 valence electrons. The van der Waals surface area contributed by atoms with E-state index in [9.17, 15) is 9.59 Å². The highest BCUT2D eigenvalue weighted by Crippen LogP contribution is 2.31. The Hall–Kier alpha value is -2.30. The zero-order chi connectivity index (χ0) is 18.8. The number of amides is 2. The van der Waals surface area contributed by atoms with E-state index in [1.54, 1.807) is 0 Å². The van der Waals surface area contributed by atoms with Crippen LogP contribution in [0.25, 0.3) is 11.0 Å². The third kappa shape index (κ3) is 3.48. The maximum atomic E-state index is 13.1. The first-order valence-corrected chi connectivity index (χ1v) is 9.50. The number of carbonyl (C=O) groups is 2. The number of fused-ring (bicyclic) bond motifs is 1. The second-order valence-electron chi connectivity index (χ2n) is 7.37. The van der Waals surface area contributed by atoms with Gasteiger partial charge < -0.3 is 14.6 Å². The Morgan fingerprint density at radius 2 is 1.96 bits per heavy atom. The van der Waals surface area contributed by atoms with Gasteiger partial charge in [-0.2, -0.15) is 0 Å². The highest BCUT2D eigenvalue weighted by Gasteiger charge is 2.29. The largest absolute Gasteiger partial charge is 0.450 e. The summed E-state index contributed by atoms with van der Waals surface area (Å²) in [5.41, 5.74) is 3.87. The van der Waals surface area contributed by atoms with E-state index in [2.05, 4.69) is 11.4 Å². The third-order valence-electron chi connectivity index (χ3n) is 5.23.